The maximum atomic E-state index is 11.5. The van der Waals surface area contributed by atoms with Gasteiger partial charge in [0.05, 0.1) is 5.56 Å². The Hall–Kier alpha value is -0.466. The molecule has 0 saturated carbocycles. The minimum Gasteiger partial charge on any atom is -0.423 e. The third kappa shape index (κ3) is 2.28. The second-order valence-corrected chi connectivity index (χ2v) is 3.37. The Morgan fingerprint density at radius 2 is 1.69 bits per heavy atom. The summed E-state index contributed by atoms with van der Waals surface area (Å²) in [6.07, 6.45) is 1.22. The molecule has 0 aliphatic carbocycles. The van der Waals surface area contributed by atoms with Gasteiger partial charge in [0.15, 0.2) is 0 Å². The van der Waals surface area contributed by atoms with Crippen molar-refractivity contribution in [2.75, 3.05) is 0 Å². The molecule has 0 saturated heterocycles. The Bertz CT molecular complexity index is 429. The second-order valence-electron chi connectivity index (χ2n) is 3.37. The van der Waals surface area contributed by atoms with E-state index in [0.29, 0.717) is 24.2 Å². The molecule has 81 valence electrons. The number of hydrogen-bond donors (Lipinski definition) is 0. The molecule has 1 aromatic carbocycles. The fraction of sp³-hybridized carbons (Fsp3) is 0.154. The number of ether oxygens (including phenoxy) is 1. The first-order chi connectivity index (χ1) is 7.27. The molecule has 0 spiro atoms. The molecule has 0 N–H and O–H groups in total. The Kier molecular flexibility index (Phi) is 4.88. The summed E-state index contributed by atoms with van der Waals surface area (Å²) in [6.45, 7) is 7.62. The first-order valence-corrected chi connectivity index (χ1v) is 4.90. The molecule has 2 nitrogen and oxygen atoms in total. The van der Waals surface area contributed by atoms with E-state index >= 15 is 0 Å². The average Bonchev–Trinajstić information content (AvgIpc) is 2.60. The molecule has 1 aliphatic rings. The van der Waals surface area contributed by atoms with Crippen LogP contribution in [0.2, 0.25) is 0 Å². The Morgan fingerprint density at radius 1 is 1.12 bits per heavy atom. The summed E-state index contributed by atoms with van der Waals surface area (Å²) in [5.41, 5.74) is 2.48. The molecule has 0 unspecified atom stereocenters. The molecular weight excluding hydrogens is 277 g/mol. The van der Waals surface area contributed by atoms with Crippen LogP contribution in [-0.2, 0) is 37.4 Å². The largest absolute Gasteiger partial charge is 0.423 e. The zero-order chi connectivity index (χ0) is 10.8. The van der Waals surface area contributed by atoms with Crippen LogP contribution in [0.3, 0.4) is 0 Å². The van der Waals surface area contributed by atoms with Crippen molar-refractivity contribution in [3.63, 3.8) is 0 Å². The second kappa shape index (κ2) is 5.74. The predicted octanol–water partition coefficient (Wildman–Crippen LogP) is 3.01. The molecule has 0 fully saturated rings. The third-order valence-corrected chi connectivity index (χ3v) is 2.51. The van der Waals surface area contributed by atoms with Gasteiger partial charge in [-0.2, -0.15) is 12.8 Å². The number of esters is 1. The number of hydrogen-bond acceptors (Lipinski definition) is 2. The summed E-state index contributed by atoms with van der Waals surface area (Å²) in [7, 11) is 0. The smallest absolute Gasteiger partial charge is 0.344 e. The standard InChI is InChI=1S/C13H12O2.Y/c1-3-9(4-2)12-10-7-5-6-8-11(10)13(14)15-12;/h5-8H,1-4H2;/q-2;. The fourth-order valence-electron chi connectivity index (χ4n) is 1.68. The van der Waals surface area contributed by atoms with Crippen molar-refractivity contribution in [3.05, 3.63) is 54.8 Å². The molecule has 2 rings (SSSR count). The zero-order valence-corrected chi connectivity index (χ0v) is 11.9. The molecule has 0 atom stereocenters. The van der Waals surface area contributed by atoms with E-state index < -0.39 is 0 Å². The fourth-order valence-corrected chi connectivity index (χ4v) is 1.68. The molecule has 1 radical (unpaired) electrons. The van der Waals surface area contributed by atoms with Gasteiger partial charge in [0, 0.05) is 38.3 Å². The molecule has 1 aliphatic heterocycles. The van der Waals surface area contributed by atoms with E-state index in [9.17, 15) is 4.79 Å². The van der Waals surface area contributed by atoms with Crippen molar-refractivity contribution in [3.8, 4) is 0 Å². The van der Waals surface area contributed by atoms with Gasteiger partial charge in [-0.15, -0.1) is 0 Å². The number of cyclic esters (lactones) is 1. The Morgan fingerprint density at radius 3 is 2.25 bits per heavy atom. The maximum Gasteiger partial charge on any atom is 0.344 e. The maximum absolute atomic E-state index is 11.5. The number of allylic oxidation sites excluding steroid dienone is 1. The normalized spacial score (nSPS) is 12.9. The molecule has 3 heteroatoms. The Labute approximate surface area is 121 Å². The third-order valence-electron chi connectivity index (χ3n) is 2.51. The summed E-state index contributed by atoms with van der Waals surface area (Å²) in [6, 6.07) is 7.39. The van der Waals surface area contributed by atoms with Gasteiger partial charge in [0.1, 0.15) is 5.76 Å². The molecule has 16 heavy (non-hydrogen) atoms. The quantitative estimate of drug-likeness (QED) is 0.618. The number of benzene rings is 1. The number of fused-ring (bicyclic) bond motifs is 1. The number of rotatable bonds is 2. The number of carbonyl (C=O) groups is 1. The van der Waals surface area contributed by atoms with Gasteiger partial charge < -0.3 is 18.6 Å². The van der Waals surface area contributed by atoms with Crippen LogP contribution in [0.15, 0.2) is 29.8 Å². The molecule has 0 aromatic heterocycles. The van der Waals surface area contributed by atoms with E-state index in [1.54, 1.807) is 6.07 Å². The van der Waals surface area contributed by atoms with Crippen molar-refractivity contribution >= 4 is 11.7 Å². The van der Waals surface area contributed by atoms with Crippen LogP contribution < -0.4 is 0 Å². The van der Waals surface area contributed by atoms with Gasteiger partial charge in [0.25, 0.3) is 0 Å². The monoisotopic (exact) mass is 289 g/mol. The van der Waals surface area contributed by atoms with Crippen molar-refractivity contribution in [2.24, 2.45) is 0 Å². The van der Waals surface area contributed by atoms with Gasteiger partial charge in [-0.25, -0.2) is 4.79 Å². The first kappa shape index (κ1) is 13.6. The van der Waals surface area contributed by atoms with Crippen LogP contribution >= 0.6 is 0 Å². The van der Waals surface area contributed by atoms with E-state index in [-0.39, 0.29) is 38.7 Å². The molecule has 1 aromatic rings. The van der Waals surface area contributed by atoms with Crippen molar-refractivity contribution in [1.29, 1.82) is 0 Å². The first-order valence-electron chi connectivity index (χ1n) is 4.90. The minimum atomic E-state index is -0.278. The van der Waals surface area contributed by atoms with Gasteiger partial charge in [-0.05, 0) is 6.07 Å². The van der Waals surface area contributed by atoms with Crippen LogP contribution in [0, 0.1) is 13.8 Å². The topological polar surface area (TPSA) is 26.3 Å². The Balaban J connectivity index is 0.00000128. The van der Waals surface area contributed by atoms with Gasteiger partial charge in [-0.1, -0.05) is 23.8 Å². The summed E-state index contributed by atoms with van der Waals surface area (Å²) in [4.78, 5) is 11.5. The van der Waals surface area contributed by atoms with Gasteiger partial charge >= 0.3 is 5.97 Å². The summed E-state index contributed by atoms with van der Waals surface area (Å²) < 4.78 is 5.24. The van der Waals surface area contributed by atoms with E-state index in [1.165, 1.54) is 0 Å². The van der Waals surface area contributed by atoms with Crippen molar-refractivity contribution < 1.29 is 42.2 Å². The van der Waals surface area contributed by atoms with Crippen molar-refractivity contribution in [2.45, 2.75) is 12.8 Å². The van der Waals surface area contributed by atoms with Crippen LogP contribution in [0.1, 0.15) is 28.8 Å². The summed E-state index contributed by atoms with van der Waals surface area (Å²) >= 11 is 0. The van der Waals surface area contributed by atoms with Crippen molar-refractivity contribution in [1.82, 2.24) is 0 Å². The average molecular weight is 289 g/mol. The van der Waals surface area contributed by atoms with E-state index in [1.807, 2.05) is 18.2 Å². The molecule has 0 amide bonds. The summed E-state index contributed by atoms with van der Waals surface area (Å²) in [5.74, 6) is 0.376. The van der Waals surface area contributed by atoms with Gasteiger partial charge in [-0.3, -0.25) is 0 Å². The molecule has 1 heterocycles. The molecule has 0 bridgehead atoms. The van der Waals surface area contributed by atoms with Crippen LogP contribution in [0.4, 0.5) is 0 Å². The van der Waals surface area contributed by atoms with E-state index in [4.69, 9.17) is 4.74 Å². The number of carbonyl (C=O) groups excluding carboxylic acids is 1. The van der Waals surface area contributed by atoms with E-state index in [2.05, 4.69) is 13.8 Å². The van der Waals surface area contributed by atoms with E-state index in [0.717, 1.165) is 11.1 Å². The van der Waals surface area contributed by atoms with Crippen LogP contribution in [0.5, 0.6) is 0 Å². The van der Waals surface area contributed by atoms with Crippen LogP contribution in [-0.4, -0.2) is 5.97 Å². The zero-order valence-electron chi connectivity index (χ0n) is 9.03. The van der Waals surface area contributed by atoms with Gasteiger partial charge in [0.2, 0.25) is 0 Å². The summed E-state index contributed by atoms with van der Waals surface area (Å²) in [5, 5.41) is 0. The predicted molar refractivity (Wildman–Crippen MR) is 58.7 cm³/mol. The molecular formula is C13H12O2Y-2. The SMILES string of the molecule is [CH2-]CC(C[CH2-])=C1OC(=O)c2ccccc21.[Y]. The minimum absolute atomic E-state index is 0. The van der Waals surface area contributed by atoms with Crippen LogP contribution in [0.25, 0.3) is 5.76 Å².